The SMILES string of the molecule is CN(CC1CC(Br)C1)C(=O)c1ccc(Cl)c(F)c1. The van der Waals surface area contributed by atoms with Gasteiger partial charge in [0.25, 0.3) is 5.91 Å². The average Bonchev–Trinajstić information content (AvgIpc) is 2.29. The van der Waals surface area contributed by atoms with Crippen LogP contribution in [0.4, 0.5) is 4.39 Å². The van der Waals surface area contributed by atoms with E-state index in [1.807, 2.05) is 0 Å². The molecule has 0 spiro atoms. The van der Waals surface area contributed by atoms with Crippen LogP contribution in [-0.2, 0) is 0 Å². The lowest BCUT2D eigenvalue weighted by Gasteiger charge is -2.34. The number of carbonyl (C=O) groups is 1. The number of alkyl halides is 1. The fourth-order valence-electron chi connectivity index (χ4n) is 2.12. The molecular formula is C13H14BrClFNO. The van der Waals surface area contributed by atoms with Crippen molar-refractivity contribution in [3.63, 3.8) is 0 Å². The third-order valence-corrected chi connectivity index (χ3v) is 4.28. The van der Waals surface area contributed by atoms with Gasteiger partial charge in [-0.05, 0) is 37.0 Å². The molecule has 1 saturated carbocycles. The summed E-state index contributed by atoms with van der Waals surface area (Å²) in [7, 11) is 1.75. The Kier molecular flexibility index (Phi) is 4.28. The minimum Gasteiger partial charge on any atom is -0.341 e. The van der Waals surface area contributed by atoms with Crippen molar-refractivity contribution in [3.8, 4) is 0 Å². The molecule has 0 radical (unpaired) electrons. The van der Waals surface area contributed by atoms with Crippen molar-refractivity contribution in [1.82, 2.24) is 4.90 Å². The highest BCUT2D eigenvalue weighted by atomic mass is 79.9. The van der Waals surface area contributed by atoms with Crippen molar-refractivity contribution >= 4 is 33.4 Å². The van der Waals surface area contributed by atoms with Crippen molar-refractivity contribution in [1.29, 1.82) is 0 Å². The first-order chi connectivity index (χ1) is 8.47. The summed E-state index contributed by atoms with van der Waals surface area (Å²) in [5.41, 5.74) is 0.342. The van der Waals surface area contributed by atoms with Gasteiger partial charge < -0.3 is 4.90 Å². The summed E-state index contributed by atoms with van der Waals surface area (Å²) < 4.78 is 13.3. The van der Waals surface area contributed by atoms with E-state index in [-0.39, 0.29) is 10.9 Å². The Hall–Kier alpha value is -0.610. The van der Waals surface area contributed by atoms with Crippen molar-refractivity contribution < 1.29 is 9.18 Å². The van der Waals surface area contributed by atoms with Crippen LogP contribution in [0.25, 0.3) is 0 Å². The lowest BCUT2D eigenvalue weighted by atomic mass is 9.85. The predicted molar refractivity (Wildman–Crippen MR) is 73.8 cm³/mol. The molecule has 0 unspecified atom stereocenters. The Morgan fingerprint density at radius 3 is 2.78 bits per heavy atom. The average molecular weight is 335 g/mol. The molecule has 0 atom stereocenters. The fraction of sp³-hybridized carbons (Fsp3) is 0.462. The zero-order chi connectivity index (χ0) is 13.3. The van der Waals surface area contributed by atoms with E-state index in [1.165, 1.54) is 12.1 Å². The maximum absolute atomic E-state index is 13.3. The maximum atomic E-state index is 13.3. The molecule has 1 aliphatic rings. The van der Waals surface area contributed by atoms with Crippen LogP contribution in [0.15, 0.2) is 18.2 Å². The van der Waals surface area contributed by atoms with Gasteiger partial charge in [0.15, 0.2) is 0 Å². The molecule has 1 aromatic carbocycles. The molecule has 18 heavy (non-hydrogen) atoms. The molecule has 0 saturated heterocycles. The third kappa shape index (κ3) is 3.04. The molecule has 1 amide bonds. The number of rotatable bonds is 3. The number of hydrogen-bond donors (Lipinski definition) is 0. The van der Waals surface area contributed by atoms with Crippen LogP contribution in [0.1, 0.15) is 23.2 Å². The summed E-state index contributed by atoms with van der Waals surface area (Å²) >= 11 is 9.11. The summed E-state index contributed by atoms with van der Waals surface area (Å²) in [5.74, 6) is -0.177. The Labute approximate surface area is 119 Å². The van der Waals surface area contributed by atoms with E-state index in [1.54, 1.807) is 18.0 Å². The molecule has 0 bridgehead atoms. The van der Waals surface area contributed by atoms with Crippen LogP contribution in [0.2, 0.25) is 5.02 Å². The second kappa shape index (κ2) is 5.57. The summed E-state index contributed by atoms with van der Waals surface area (Å²) in [6.07, 6.45) is 2.18. The van der Waals surface area contributed by atoms with E-state index in [9.17, 15) is 9.18 Å². The smallest absolute Gasteiger partial charge is 0.253 e. The van der Waals surface area contributed by atoms with Gasteiger partial charge in [0.2, 0.25) is 0 Å². The standard InChI is InChI=1S/C13H14BrClFNO/c1-17(7-8-4-10(14)5-8)13(18)9-2-3-11(15)12(16)6-9/h2-3,6,8,10H,4-5,7H2,1H3. The molecule has 0 heterocycles. The number of amides is 1. The van der Waals surface area contributed by atoms with Crippen LogP contribution in [0, 0.1) is 11.7 Å². The van der Waals surface area contributed by atoms with Crippen molar-refractivity contribution in [3.05, 3.63) is 34.6 Å². The van der Waals surface area contributed by atoms with E-state index in [0.717, 1.165) is 12.8 Å². The van der Waals surface area contributed by atoms with Crippen LogP contribution < -0.4 is 0 Å². The minimum absolute atomic E-state index is 0.0373. The van der Waals surface area contributed by atoms with Crippen molar-refractivity contribution in [2.75, 3.05) is 13.6 Å². The third-order valence-electron chi connectivity index (χ3n) is 3.22. The van der Waals surface area contributed by atoms with Crippen molar-refractivity contribution in [2.45, 2.75) is 17.7 Å². The lowest BCUT2D eigenvalue weighted by molar-refractivity contribution is 0.0748. The van der Waals surface area contributed by atoms with Gasteiger partial charge in [-0.1, -0.05) is 27.5 Å². The van der Waals surface area contributed by atoms with Gasteiger partial charge in [0.05, 0.1) is 5.02 Å². The zero-order valence-electron chi connectivity index (χ0n) is 10.00. The van der Waals surface area contributed by atoms with Gasteiger partial charge >= 0.3 is 0 Å². The monoisotopic (exact) mass is 333 g/mol. The highest BCUT2D eigenvalue weighted by Crippen LogP contribution is 2.33. The Bertz CT molecular complexity index is 462. The topological polar surface area (TPSA) is 20.3 Å². The highest BCUT2D eigenvalue weighted by Gasteiger charge is 2.29. The molecule has 98 valence electrons. The molecule has 0 N–H and O–H groups in total. The van der Waals surface area contributed by atoms with E-state index < -0.39 is 5.82 Å². The highest BCUT2D eigenvalue weighted by molar-refractivity contribution is 9.09. The predicted octanol–water partition coefficient (Wildman–Crippen LogP) is 3.72. The van der Waals surface area contributed by atoms with Crippen LogP contribution in [0.3, 0.4) is 0 Å². The molecule has 2 nitrogen and oxygen atoms in total. The van der Waals surface area contributed by atoms with Gasteiger partial charge in [-0.15, -0.1) is 0 Å². The molecule has 1 aliphatic carbocycles. The Morgan fingerprint density at radius 1 is 1.56 bits per heavy atom. The van der Waals surface area contributed by atoms with Crippen LogP contribution in [-0.4, -0.2) is 29.2 Å². The maximum Gasteiger partial charge on any atom is 0.253 e. The quantitative estimate of drug-likeness (QED) is 0.771. The van der Waals surface area contributed by atoms with Crippen molar-refractivity contribution in [2.24, 2.45) is 5.92 Å². The zero-order valence-corrected chi connectivity index (χ0v) is 12.3. The summed E-state index contributed by atoms with van der Waals surface area (Å²) in [6.45, 7) is 0.713. The summed E-state index contributed by atoms with van der Waals surface area (Å²) in [5, 5.41) is 0.0373. The Morgan fingerprint density at radius 2 is 2.22 bits per heavy atom. The Balaban J connectivity index is 1.99. The molecule has 5 heteroatoms. The minimum atomic E-state index is -0.555. The van der Waals surface area contributed by atoms with E-state index in [2.05, 4.69) is 15.9 Å². The van der Waals surface area contributed by atoms with Gasteiger partial charge in [-0.25, -0.2) is 4.39 Å². The van der Waals surface area contributed by atoms with Gasteiger partial charge in [-0.3, -0.25) is 4.79 Å². The second-order valence-corrected chi connectivity index (χ2v) is 6.45. The van der Waals surface area contributed by atoms with Crippen LogP contribution >= 0.6 is 27.5 Å². The molecule has 0 aliphatic heterocycles. The number of hydrogen-bond acceptors (Lipinski definition) is 1. The van der Waals surface area contributed by atoms with E-state index in [0.29, 0.717) is 22.9 Å². The largest absolute Gasteiger partial charge is 0.341 e. The molecule has 2 rings (SSSR count). The first-order valence-electron chi connectivity index (χ1n) is 5.82. The molecular weight excluding hydrogens is 321 g/mol. The normalized spacial score (nSPS) is 22.4. The molecule has 1 aromatic rings. The number of carbonyl (C=O) groups excluding carboxylic acids is 1. The summed E-state index contributed by atoms with van der Waals surface area (Å²) in [4.78, 5) is 14.3. The molecule has 1 fully saturated rings. The summed E-state index contributed by atoms with van der Waals surface area (Å²) in [6, 6.07) is 4.16. The second-order valence-electron chi connectivity index (χ2n) is 4.75. The lowest BCUT2D eigenvalue weighted by Crippen LogP contribution is -2.37. The number of nitrogens with zero attached hydrogens (tertiary/aromatic N) is 1. The number of benzene rings is 1. The first kappa shape index (κ1) is 13.8. The van der Waals surface area contributed by atoms with Gasteiger partial charge in [-0.2, -0.15) is 0 Å². The van der Waals surface area contributed by atoms with E-state index >= 15 is 0 Å². The van der Waals surface area contributed by atoms with Gasteiger partial charge in [0, 0.05) is 24.0 Å². The van der Waals surface area contributed by atoms with Crippen LogP contribution in [0.5, 0.6) is 0 Å². The van der Waals surface area contributed by atoms with E-state index in [4.69, 9.17) is 11.6 Å². The fourth-order valence-corrected chi connectivity index (χ4v) is 3.30. The number of halogens is 3. The molecule has 0 aromatic heterocycles. The first-order valence-corrected chi connectivity index (χ1v) is 7.11. The van der Waals surface area contributed by atoms with Gasteiger partial charge in [0.1, 0.15) is 5.82 Å².